The maximum atomic E-state index is 12.4. The van der Waals surface area contributed by atoms with E-state index in [-0.39, 0.29) is 11.8 Å². The number of amides is 2. The molecule has 0 radical (unpaired) electrons. The second-order valence-electron chi connectivity index (χ2n) is 6.88. The number of benzene rings is 1. The summed E-state index contributed by atoms with van der Waals surface area (Å²) in [6, 6.07) is 12.6. The molecule has 134 valence electrons. The van der Waals surface area contributed by atoms with E-state index in [1.807, 2.05) is 38.3 Å². The smallest absolute Gasteiger partial charge is 0.276 e. The maximum Gasteiger partial charge on any atom is 0.276 e. The van der Waals surface area contributed by atoms with Gasteiger partial charge in [0.1, 0.15) is 0 Å². The molecule has 0 saturated carbocycles. The molecular formula is C19H20N4O2S. The van der Waals surface area contributed by atoms with Gasteiger partial charge in [-0.3, -0.25) is 14.7 Å². The number of hydrogen-bond acceptors (Lipinski definition) is 4. The highest BCUT2D eigenvalue weighted by atomic mass is 32.1. The van der Waals surface area contributed by atoms with Crippen LogP contribution in [0.15, 0.2) is 47.8 Å². The molecule has 2 aromatic heterocycles. The van der Waals surface area contributed by atoms with Gasteiger partial charge in [0.15, 0.2) is 5.69 Å². The van der Waals surface area contributed by atoms with Gasteiger partial charge in [-0.2, -0.15) is 5.10 Å². The minimum Gasteiger partial charge on any atom is -0.326 e. The summed E-state index contributed by atoms with van der Waals surface area (Å²) in [5.41, 5.74) is 1.83. The molecular weight excluding hydrogens is 348 g/mol. The molecule has 0 unspecified atom stereocenters. The Morgan fingerprint density at radius 2 is 1.77 bits per heavy atom. The number of H-pyrrole nitrogens is 1. The fourth-order valence-corrected chi connectivity index (χ4v) is 2.88. The molecule has 6 nitrogen and oxygen atoms in total. The van der Waals surface area contributed by atoms with Crippen molar-refractivity contribution in [1.29, 1.82) is 0 Å². The third-order valence-corrected chi connectivity index (χ3v) is 4.56. The van der Waals surface area contributed by atoms with Crippen LogP contribution in [0.2, 0.25) is 0 Å². The van der Waals surface area contributed by atoms with Crippen LogP contribution in [-0.4, -0.2) is 22.0 Å². The number of anilines is 2. The molecule has 3 N–H and O–H groups in total. The summed E-state index contributed by atoms with van der Waals surface area (Å²) in [5, 5.41) is 14.6. The second-order valence-corrected chi connectivity index (χ2v) is 7.83. The number of thiophene rings is 1. The number of nitrogens with one attached hydrogen (secondary N) is 3. The van der Waals surface area contributed by atoms with Gasteiger partial charge < -0.3 is 10.6 Å². The molecule has 0 atom stereocenters. The number of rotatable bonds is 4. The summed E-state index contributed by atoms with van der Waals surface area (Å²) in [6.07, 6.45) is 0. The molecule has 0 fully saturated rings. The number of carbonyl (C=O) groups is 2. The summed E-state index contributed by atoms with van der Waals surface area (Å²) in [5.74, 6) is -0.405. The lowest BCUT2D eigenvalue weighted by Crippen LogP contribution is -2.27. The highest BCUT2D eigenvalue weighted by molar-refractivity contribution is 7.13. The highest BCUT2D eigenvalue weighted by Crippen LogP contribution is 2.24. The van der Waals surface area contributed by atoms with E-state index in [0.29, 0.717) is 17.1 Å². The van der Waals surface area contributed by atoms with Crippen molar-refractivity contribution in [3.05, 3.63) is 53.5 Å². The van der Waals surface area contributed by atoms with Gasteiger partial charge in [0.05, 0.1) is 10.6 Å². The van der Waals surface area contributed by atoms with Gasteiger partial charge in [-0.25, -0.2) is 0 Å². The van der Waals surface area contributed by atoms with E-state index in [9.17, 15) is 9.59 Å². The van der Waals surface area contributed by atoms with E-state index < -0.39 is 5.41 Å². The number of aromatic nitrogens is 2. The molecule has 0 aliphatic carbocycles. The molecule has 0 saturated heterocycles. The summed E-state index contributed by atoms with van der Waals surface area (Å²) >= 11 is 1.57. The third kappa shape index (κ3) is 4.18. The van der Waals surface area contributed by atoms with Crippen molar-refractivity contribution < 1.29 is 9.59 Å². The van der Waals surface area contributed by atoms with Crippen molar-refractivity contribution in [3.63, 3.8) is 0 Å². The van der Waals surface area contributed by atoms with Gasteiger partial charge in [0.2, 0.25) is 5.91 Å². The molecule has 0 aliphatic rings. The van der Waals surface area contributed by atoms with Crippen molar-refractivity contribution in [2.45, 2.75) is 20.8 Å². The molecule has 0 spiro atoms. The first-order valence-electron chi connectivity index (χ1n) is 8.15. The molecule has 0 aliphatic heterocycles. The van der Waals surface area contributed by atoms with Crippen molar-refractivity contribution in [2.75, 3.05) is 10.6 Å². The standard InChI is InChI=1S/C19H20N4O2S/c1-19(2,3)18(25)21-13-7-4-6-12(10-13)20-17(24)15-11-14(22-23-15)16-8-5-9-26-16/h4-11H,1-3H3,(H,20,24)(H,21,25)(H,22,23). The van der Waals surface area contributed by atoms with Crippen LogP contribution in [-0.2, 0) is 4.79 Å². The van der Waals surface area contributed by atoms with Crippen LogP contribution < -0.4 is 10.6 Å². The van der Waals surface area contributed by atoms with Crippen LogP contribution in [0.1, 0.15) is 31.3 Å². The predicted molar refractivity (Wildman–Crippen MR) is 104 cm³/mol. The second kappa shape index (κ2) is 7.13. The third-order valence-electron chi connectivity index (χ3n) is 3.66. The van der Waals surface area contributed by atoms with Gasteiger partial charge in [0.25, 0.3) is 5.91 Å². The zero-order valence-corrected chi connectivity index (χ0v) is 15.6. The minimum atomic E-state index is -0.494. The zero-order valence-electron chi connectivity index (χ0n) is 14.8. The predicted octanol–water partition coefficient (Wildman–Crippen LogP) is 4.38. The Hall–Kier alpha value is -2.93. The van der Waals surface area contributed by atoms with E-state index in [1.165, 1.54) is 0 Å². The molecule has 2 amide bonds. The Morgan fingerprint density at radius 3 is 2.42 bits per heavy atom. The minimum absolute atomic E-state index is 0.0890. The summed E-state index contributed by atoms with van der Waals surface area (Å²) in [7, 11) is 0. The van der Waals surface area contributed by atoms with E-state index >= 15 is 0 Å². The van der Waals surface area contributed by atoms with Crippen LogP contribution in [0.3, 0.4) is 0 Å². The molecule has 2 heterocycles. The van der Waals surface area contributed by atoms with Crippen LogP contribution >= 0.6 is 11.3 Å². The fourth-order valence-electron chi connectivity index (χ4n) is 2.18. The highest BCUT2D eigenvalue weighted by Gasteiger charge is 2.21. The summed E-state index contributed by atoms with van der Waals surface area (Å²) < 4.78 is 0. The monoisotopic (exact) mass is 368 g/mol. The lowest BCUT2D eigenvalue weighted by molar-refractivity contribution is -0.123. The van der Waals surface area contributed by atoms with Crippen LogP contribution in [0.25, 0.3) is 10.6 Å². The van der Waals surface area contributed by atoms with Crippen LogP contribution in [0.4, 0.5) is 11.4 Å². The van der Waals surface area contributed by atoms with Crippen molar-refractivity contribution in [2.24, 2.45) is 5.41 Å². The molecule has 3 rings (SSSR count). The quantitative estimate of drug-likeness (QED) is 0.639. The van der Waals surface area contributed by atoms with Crippen molar-refractivity contribution in [3.8, 4) is 10.6 Å². The number of carbonyl (C=O) groups excluding carboxylic acids is 2. The average Bonchev–Trinajstić information content (AvgIpc) is 3.25. The Bertz CT molecular complexity index is 923. The van der Waals surface area contributed by atoms with E-state index in [4.69, 9.17) is 0 Å². The molecule has 1 aromatic carbocycles. The van der Waals surface area contributed by atoms with Crippen molar-refractivity contribution in [1.82, 2.24) is 10.2 Å². The van der Waals surface area contributed by atoms with E-state index in [0.717, 1.165) is 10.6 Å². The zero-order chi connectivity index (χ0) is 18.7. The van der Waals surface area contributed by atoms with Crippen LogP contribution in [0, 0.1) is 5.41 Å². The normalized spacial score (nSPS) is 11.2. The Labute approximate surface area is 155 Å². The van der Waals surface area contributed by atoms with Gasteiger partial charge in [0, 0.05) is 16.8 Å². The Morgan fingerprint density at radius 1 is 1.04 bits per heavy atom. The summed E-state index contributed by atoms with van der Waals surface area (Å²) in [6.45, 7) is 5.53. The lowest BCUT2D eigenvalue weighted by Gasteiger charge is -2.18. The molecule has 26 heavy (non-hydrogen) atoms. The average molecular weight is 368 g/mol. The first-order chi connectivity index (χ1) is 12.3. The largest absolute Gasteiger partial charge is 0.326 e. The Balaban J connectivity index is 1.70. The van der Waals surface area contributed by atoms with Gasteiger partial charge in [-0.15, -0.1) is 11.3 Å². The summed E-state index contributed by atoms with van der Waals surface area (Å²) in [4.78, 5) is 25.5. The first kappa shape index (κ1) is 17.9. The van der Waals surface area contributed by atoms with Crippen molar-refractivity contribution >= 4 is 34.5 Å². The van der Waals surface area contributed by atoms with Gasteiger partial charge in [-0.05, 0) is 35.7 Å². The van der Waals surface area contributed by atoms with Crippen LogP contribution in [0.5, 0.6) is 0 Å². The number of aromatic amines is 1. The van der Waals surface area contributed by atoms with E-state index in [1.54, 1.807) is 41.7 Å². The topological polar surface area (TPSA) is 86.9 Å². The lowest BCUT2D eigenvalue weighted by atomic mass is 9.95. The van der Waals surface area contributed by atoms with E-state index in [2.05, 4.69) is 20.8 Å². The Kier molecular flexibility index (Phi) is 4.90. The molecule has 0 bridgehead atoms. The molecule has 7 heteroatoms. The number of hydrogen-bond donors (Lipinski definition) is 3. The van der Waals surface area contributed by atoms with Gasteiger partial charge in [-0.1, -0.05) is 32.9 Å². The SMILES string of the molecule is CC(C)(C)C(=O)Nc1cccc(NC(=O)c2cc(-c3cccs3)[nH]n2)c1. The fraction of sp³-hybridized carbons (Fsp3) is 0.211. The van der Waals surface area contributed by atoms with Gasteiger partial charge >= 0.3 is 0 Å². The maximum absolute atomic E-state index is 12.4. The first-order valence-corrected chi connectivity index (χ1v) is 9.03. The number of nitrogens with zero attached hydrogens (tertiary/aromatic N) is 1. The molecule has 3 aromatic rings.